The number of hydrogen-bond donors (Lipinski definition) is 2. The summed E-state index contributed by atoms with van der Waals surface area (Å²) in [5.41, 5.74) is 7.12. The second kappa shape index (κ2) is 14.1. The lowest BCUT2D eigenvalue weighted by Crippen LogP contribution is -2.40. The van der Waals surface area contributed by atoms with E-state index in [0.717, 1.165) is 88.2 Å². The Morgan fingerprint density at radius 3 is 2.04 bits per heavy atom. The van der Waals surface area contributed by atoms with Crippen molar-refractivity contribution in [3.8, 4) is 22.8 Å². The van der Waals surface area contributed by atoms with Crippen LogP contribution in [-0.2, 0) is 16.0 Å². The molecule has 272 valence electrons. The second-order valence-electron chi connectivity index (χ2n) is 14.6. The molecule has 5 heterocycles. The van der Waals surface area contributed by atoms with Crippen LogP contribution in [0.3, 0.4) is 0 Å². The molecule has 2 aliphatic rings. The van der Waals surface area contributed by atoms with E-state index < -0.39 is 0 Å². The van der Waals surface area contributed by atoms with E-state index in [2.05, 4.69) is 15.0 Å². The van der Waals surface area contributed by atoms with Crippen LogP contribution in [0.15, 0.2) is 108 Å². The molecule has 0 radical (unpaired) electrons. The van der Waals surface area contributed by atoms with Gasteiger partial charge in [-0.05, 0) is 87.3 Å². The molecule has 0 saturated carbocycles. The Bertz CT molecular complexity index is 2450. The predicted octanol–water partition coefficient (Wildman–Crippen LogP) is 7.63. The fourth-order valence-electron chi connectivity index (χ4n) is 8.19. The Labute approximate surface area is 313 Å². The summed E-state index contributed by atoms with van der Waals surface area (Å²) < 4.78 is 6.32. The van der Waals surface area contributed by atoms with E-state index in [1.54, 1.807) is 6.20 Å². The first-order valence-electron chi connectivity index (χ1n) is 18.7. The van der Waals surface area contributed by atoms with Gasteiger partial charge in [-0.2, -0.15) is 0 Å². The molecule has 0 spiro atoms. The standard InChI is InChI=1S/C43H42N8O3/c1-49(2)39(28-13-7-4-8-14-28)43(53)51-22-10-16-36(51)41-46-32-20-18-30(25-34(32)48-41)42-44-26-37(54-42)29-17-19-31-33(24-29)47-40(45-31)35-15-9-21-50(35)38(52)23-27-11-5-3-6-12-27/h3-8,11-14,17-20,24-26,35-36,39H,9-10,15-16,21-23H2,1-2H3,(H,45,47)(H,46,48)/t35-,36-,39+/m0/s1. The maximum absolute atomic E-state index is 14.0. The van der Waals surface area contributed by atoms with Gasteiger partial charge in [0.1, 0.15) is 17.7 Å². The largest absolute Gasteiger partial charge is 0.436 e. The monoisotopic (exact) mass is 718 g/mol. The topological polar surface area (TPSA) is 127 Å². The smallest absolute Gasteiger partial charge is 0.245 e. The van der Waals surface area contributed by atoms with Gasteiger partial charge in [0, 0.05) is 24.2 Å². The molecule has 4 aromatic carbocycles. The van der Waals surface area contributed by atoms with Crippen LogP contribution in [0.1, 0.15) is 66.6 Å². The second-order valence-corrected chi connectivity index (χ2v) is 14.6. The number of oxazole rings is 1. The number of H-pyrrole nitrogens is 2. The van der Waals surface area contributed by atoms with Crippen LogP contribution in [-0.4, -0.2) is 78.6 Å². The van der Waals surface area contributed by atoms with Gasteiger partial charge < -0.3 is 24.2 Å². The maximum atomic E-state index is 14.0. The average molecular weight is 719 g/mol. The van der Waals surface area contributed by atoms with Crippen molar-refractivity contribution in [2.75, 3.05) is 27.2 Å². The molecule has 11 nitrogen and oxygen atoms in total. The summed E-state index contributed by atoms with van der Waals surface area (Å²) in [4.78, 5) is 54.7. The molecule has 0 bridgehead atoms. The number of carbonyl (C=O) groups excluding carboxylic acids is 2. The molecule has 2 N–H and O–H groups in total. The fraction of sp³-hybridized carbons (Fsp3) is 0.279. The number of nitrogens with one attached hydrogen (secondary N) is 2. The molecule has 11 heteroatoms. The van der Waals surface area contributed by atoms with Gasteiger partial charge in [0.15, 0.2) is 5.76 Å². The molecule has 2 saturated heterocycles. The summed E-state index contributed by atoms with van der Waals surface area (Å²) in [5, 5.41) is 0. The molecule has 0 aliphatic carbocycles. The van der Waals surface area contributed by atoms with Crippen LogP contribution in [0.25, 0.3) is 44.8 Å². The van der Waals surface area contributed by atoms with Crippen molar-refractivity contribution in [3.05, 3.63) is 126 Å². The van der Waals surface area contributed by atoms with Crippen LogP contribution in [0.5, 0.6) is 0 Å². The molecule has 3 atom stereocenters. The minimum absolute atomic E-state index is 0.0756. The lowest BCUT2D eigenvalue weighted by atomic mass is 10.0. The summed E-state index contributed by atoms with van der Waals surface area (Å²) in [6, 6.07) is 31.2. The van der Waals surface area contributed by atoms with E-state index in [4.69, 9.17) is 14.4 Å². The molecule has 3 aromatic heterocycles. The molecule has 2 aliphatic heterocycles. The fourth-order valence-corrected chi connectivity index (χ4v) is 8.19. The lowest BCUT2D eigenvalue weighted by molar-refractivity contribution is -0.137. The Balaban J connectivity index is 0.924. The molecule has 0 unspecified atom stereocenters. The van der Waals surface area contributed by atoms with Crippen molar-refractivity contribution in [3.63, 3.8) is 0 Å². The number of hydrogen-bond acceptors (Lipinski definition) is 7. The summed E-state index contributed by atoms with van der Waals surface area (Å²) in [6.07, 6.45) is 5.73. The number of fused-ring (bicyclic) bond motifs is 2. The molecular formula is C43H42N8O3. The first-order chi connectivity index (χ1) is 26.4. The maximum Gasteiger partial charge on any atom is 0.245 e. The van der Waals surface area contributed by atoms with Crippen molar-refractivity contribution in [2.45, 2.75) is 50.2 Å². The van der Waals surface area contributed by atoms with Crippen LogP contribution in [0.4, 0.5) is 0 Å². The normalized spacial score (nSPS) is 18.0. The Kier molecular flexibility index (Phi) is 8.78. The van der Waals surface area contributed by atoms with Gasteiger partial charge in [0.25, 0.3) is 0 Å². The van der Waals surface area contributed by atoms with Crippen molar-refractivity contribution in [1.82, 2.24) is 39.6 Å². The van der Waals surface area contributed by atoms with E-state index in [9.17, 15) is 9.59 Å². The highest BCUT2D eigenvalue weighted by Crippen LogP contribution is 2.37. The molecule has 9 rings (SSSR count). The van der Waals surface area contributed by atoms with E-state index in [0.29, 0.717) is 24.6 Å². The third-order valence-electron chi connectivity index (χ3n) is 10.8. The van der Waals surface area contributed by atoms with Crippen molar-refractivity contribution >= 4 is 33.9 Å². The number of imidazole rings is 2. The van der Waals surface area contributed by atoms with Crippen molar-refractivity contribution < 1.29 is 14.0 Å². The minimum Gasteiger partial charge on any atom is -0.436 e. The quantitative estimate of drug-likeness (QED) is 0.157. The Morgan fingerprint density at radius 1 is 0.778 bits per heavy atom. The third kappa shape index (κ3) is 6.34. The van der Waals surface area contributed by atoms with Crippen LogP contribution >= 0.6 is 0 Å². The highest BCUT2D eigenvalue weighted by molar-refractivity contribution is 5.85. The number of aromatic amines is 2. The zero-order chi connectivity index (χ0) is 36.8. The van der Waals surface area contributed by atoms with Crippen LogP contribution in [0, 0.1) is 0 Å². The number of nitrogens with zero attached hydrogens (tertiary/aromatic N) is 6. The first-order valence-corrected chi connectivity index (χ1v) is 18.7. The SMILES string of the molecule is CN(C)[C@@H](C(=O)N1CCC[C@H]1c1nc2ccc(-c3ncc(-c4ccc5nc([C@@H]6CCCN6C(=O)Cc6ccccc6)[nH]c5c4)o3)cc2[nH]1)c1ccccc1. The average Bonchev–Trinajstić information content (AvgIpc) is 4.03. The molecule has 7 aromatic rings. The van der Waals surface area contributed by atoms with E-state index >= 15 is 0 Å². The van der Waals surface area contributed by atoms with Crippen molar-refractivity contribution in [2.24, 2.45) is 0 Å². The zero-order valence-electron chi connectivity index (χ0n) is 30.4. The first kappa shape index (κ1) is 33.7. The third-order valence-corrected chi connectivity index (χ3v) is 10.8. The Hall–Kier alpha value is -6.07. The lowest BCUT2D eigenvalue weighted by Gasteiger charge is -2.31. The highest BCUT2D eigenvalue weighted by atomic mass is 16.4. The minimum atomic E-state index is -0.364. The Morgan fingerprint density at radius 2 is 1.37 bits per heavy atom. The number of likely N-dealkylation sites (N-methyl/N-ethyl adjacent to an activating group) is 1. The van der Waals surface area contributed by atoms with E-state index in [-0.39, 0.29) is 29.9 Å². The van der Waals surface area contributed by atoms with Gasteiger partial charge in [-0.3, -0.25) is 14.5 Å². The highest BCUT2D eigenvalue weighted by Gasteiger charge is 2.37. The van der Waals surface area contributed by atoms with Gasteiger partial charge in [-0.25, -0.2) is 15.0 Å². The molecule has 54 heavy (non-hydrogen) atoms. The summed E-state index contributed by atoms with van der Waals surface area (Å²) >= 11 is 0. The number of carbonyl (C=O) groups is 2. The number of amides is 2. The number of rotatable bonds is 9. The van der Waals surface area contributed by atoms with E-state index in [1.807, 2.05) is 126 Å². The van der Waals surface area contributed by atoms with Crippen LogP contribution in [0.2, 0.25) is 0 Å². The van der Waals surface area contributed by atoms with Crippen LogP contribution < -0.4 is 0 Å². The predicted molar refractivity (Wildman–Crippen MR) is 207 cm³/mol. The molecular weight excluding hydrogens is 677 g/mol. The van der Waals surface area contributed by atoms with Gasteiger partial charge >= 0.3 is 0 Å². The zero-order valence-corrected chi connectivity index (χ0v) is 30.4. The summed E-state index contributed by atoms with van der Waals surface area (Å²) in [6.45, 7) is 1.43. The van der Waals surface area contributed by atoms with Crippen molar-refractivity contribution in [1.29, 1.82) is 0 Å². The van der Waals surface area contributed by atoms with Gasteiger partial charge in [-0.15, -0.1) is 0 Å². The molecule has 2 fully saturated rings. The molecule has 2 amide bonds. The van der Waals surface area contributed by atoms with E-state index in [1.165, 1.54) is 0 Å². The van der Waals surface area contributed by atoms with Gasteiger partial charge in [-0.1, -0.05) is 60.7 Å². The van der Waals surface area contributed by atoms with Gasteiger partial charge in [0.05, 0.1) is 46.8 Å². The number of likely N-dealkylation sites (tertiary alicyclic amines) is 2. The van der Waals surface area contributed by atoms with Gasteiger partial charge in [0.2, 0.25) is 17.7 Å². The number of aromatic nitrogens is 5. The number of benzene rings is 4. The summed E-state index contributed by atoms with van der Waals surface area (Å²) in [7, 11) is 3.90. The summed E-state index contributed by atoms with van der Waals surface area (Å²) in [5.74, 6) is 2.95.